The largest absolute Gasteiger partial charge is 0.377 e. The van der Waals surface area contributed by atoms with Gasteiger partial charge < -0.3 is 19.9 Å². The lowest BCUT2D eigenvalue weighted by Crippen LogP contribution is -2.40. The highest BCUT2D eigenvalue weighted by Gasteiger charge is 2.28. The maximum atomic E-state index is 11.4. The van der Waals surface area contributed by atoms with E-state index in [-0.39, 0.29) is 12.6 Å². The number of aromatic nitrogens is 5. The molecule has 0 unspecified atom stereocenters. The van der Waals surface area contributed by atoms with Crippen molar-refractivity contribution in [1.29, 1.82) is 0 Å². The van der Waals surface area contributed by atoms with Gasteiger partial charge in [0.2, 0.25) is 5.91 Å². The molecule has 3 aromatic heterocycles. The third-order valence-corrected chi connectivity index (χ3v) is 6.79. The molecule has 5 aromatic rings. The van der Waals surface area contributed by atoms with Crippen LogP contribution in [0, 0.1) is 13.8 Å². The van der Waals surface area contributed by atoms with E-state index in [4.69, 9.17) is 25.0 Å². The molecular formula is C28H27N7O3. The Labute approximate surface area is 219 Å². The first kappa shape index (κ1) is 23.8. The summed E-state index contributed by atoms with van der Waals surface area (Å²) in [5.74, 6) is 1.62. The number of morpholine rings is 1. The second kappa shape index (κ2) is 9.71. The van der Waals surface area contributed by atoms with Gasteiger partial charge in [0.25, 0.3) is 0 Å². The Balaban J connectivity index is 1.54. The Morgan fingerprint density at radius 2 is 1.95 bits per heavy atom. The first-order valence-electron chi connectivity index (χ1n) is 12.4. The number of ether oxygens (including phenoxy) is 1. The van der Waals surface area contributed by atoms with E-state index in [1.54, 1.807) is 12.4 Å². The van der Waals surface area contributed by atoms with Gasteiger partial charge in [0.05, 0.1) is 42.2 Å². The topological polar surface area (TPSA) is 125 Å². The fourth-order valence-electron chi connectivity index (χ4n) is 5.04. The van der Waals surface area contributed by atoms with Gasteiger partial charge in [0.1, 0.15) is 18.1 Å². The monoisotopic (exact) mass is 509 g/mol. The number of anilines is 1. The number of carbonyl (C=O) groups is 1. The molecule has 10 nitrogen and oxygen atoms in total. The van der Waals surface area contributed by atoms with Crippen molar-refractivity contribution in [3.05, 3.63) is 77.9 Å². The molecule has 6 rings (SSSR count). The molecule has 38 heavy (non-hydrogen) atoms. The number of nitrogens with zero attached hydrogens (tertiary/aromatic N) is 6. The van der Waals surface area contributed by atoms with Crippen LogP contribution in [0.5, 0.6) is 0 Å². The van der Waals surface area contributed by atoms with Gasteiger partial charge in [0, 0.05) is 23.7 Å². The molecule has 0 bridgehead atoms. The van der Waals surface area contributed by atoms with Crippen molar-refractivity contribution in [1.82, 2.24) is 24.9 Å². The summed E-state index contributed by atoms with van der Waals surface area (Å²) in [5.41, 5.74) is 10.8. The van der Waals surface area contributed by atoms with Crippen molar-refractivity contribution in [3.63, 3.8) is 0 Å². The van der Waals surface area contributed by atoms with Crippen LogP contribution >= 0.6 is 0 Å². The fourth-order valence-corrected chi connectivity index (χ4v) is 5.04. The molecule has 1 atom stereocenters. The standard InChI is InChI=1S/C28H27N7O3/c1-17-26(18(2)38-33-17)20-8-9-23-22(12-20)28(32-27(31-23)21-13-30-34(14-21)15-25(29)36)35-10-11-37-16-24(35)19-6-4-3-5-7-19/h3-9,12-14,24H,10-11,15-16H2,1-2H3,(H2,29,36)/t24-/m1/s1. The summed E-state index contributed by atoms with van der Waals surface area (Å²) in [6, 6.07) is 16.4. The number of amides is 1. The number of rotatable bonds is 6. The van der Waals surface area contributed by atoms with Crippen LogP contribution in [0.25, 0.3) is 33.4 Å². The lowest BCUT2D eigenvalue weighted by Gasteiger charge is -2.37. The zero-order valence-electron chi connectivity index (χ0n) is 21.2. The first-order valence-corrected chi connectivity index (χ1v) is 12.4. The number of primary amides is 1. The second-order valence-electron chi connectivity index (χ2n) is 9.39. The van der Waals surface area contributed by atoms with Gasteiger partial charge in [-0.25, -0.2) is 9.97 Å². The summed E-state index contributed by atoms with van der Waals surface area (Å²) in [6.07, 6.45) is 3.39. The van der Waals surface area contributed by atoms with Crippen LogP contribution in [0.4, 0.5) is 5.82 Å². The Bertz CT molecular complexity index is 1610. The Morgan fingerprint density at radius 1 is 1.11 bits per heavy atom. The maximum absolute atomic E-state index is 11.4. The van der Waals surface area contributed by atoms with E-state index in [0.29, 0.717) is 31.1 Å². The van der Waals surface area contributed by atoms with Crippen molar-refractivity contribution in [2.24, 2.45) is 5.73 Å². The number of carbonyl (C=O) groups excluding carboxylic acids is 1. The summed E-state index contributed by atoms with van der Waals surface area (Å²) in [5, 5.41) is 9.32. The predicted octanol–water partition coefficient (Wildman–Crippen LogP) is 3.83. The van der Waals surface area contributed by atoms with Crippen LogP contribution < -0.4 is 10.6 Å². The van der Waals surface area contributed by atoms with E-state index in [1.165, 1.54) is 4.68 Å². The highest BCUT2D eigenvalue weighted by atomic mass is 16.5. The summed E-state index contributed by atoms with van der Waals surface area (Å²) in [6.45, 7) is 5.64. The average molecular weight is 510 g/mol. The van der Waals surface area contributed by atoms with E-state index >= 15 is 0 Å². The third kappa shape index (κ3) is 4.39. The van der Waals surface area contributed by atoms with Gasteiger partial charge >= 0.3 is 0 Å². The fraction of sp³-hybridized carbons (Fsp3) is 0.250. The lowest BCUT2D eigenvalue weighted by molar-refractivity contribution is -0.118. The highest BCUT2D eigenvalue weighted by molar-refractivity contribution is 5.95. The number of nitrogens with two attached hydrogens (primary N) is 1. The van der Waals surface area contributed by atoms with E-state index in [1.807, 2.05) is 44.2 Å². The molecule has 10 heteroatoms. The second-order valence-corrected chi connectivity index (χ2v) is 9.39. The summed E-state index contributed by atoms with van der Waals surface area (Å²) >= 11 is 0. The quantitative estimate of drug-likeness (QED) is 0.366. The number of benzene rings is 2. The zero-order chi connectivity index (χ0) is 26.2. The minimum atomic E-state index is -0.467. The molecule has 0 saturated carbocycles. The van der Waals surface area contributed by atoms with Crippen LogP contribution in [-0.2, 0) is 16.1 Å². The Kier molecular flexibility index (Phi) is 6.09. The molecule has 1 aliphatic rings. The molecule has 4 heterocycles. The molecule has 0 radical (unpaired) electrons. The van der Waals surface area contributed by atoms with Crippen molar-refractivity contribution >= 4 is 22.6 Å². The number of hydrogen-bond acceptors (Lipinski definition) is 8. The van der Waals surface area contributed by atoms with E-state index in [0.717, 1.165) is 44.9 Å². The normalized spacial score (nSPS) is 15.7. The van der Waals surface area contributed by atoms with Gasteiger partial charge in [-0.3, -0.25) is 9.48 Å². The van der Waals surface area contributed by atoms with Crippen LogP contribution in [0.15, 0.2) is 65.4 Å². The highest BCUT2D eigenvalue weighted by Crippen LogP contribution is 2.37. The van der Waals surface area contributed by atoms with Crippen molar-refractivity contribution in [3.8, 4) is 22.5 Å². The van der Waals surface area contributed by atoms with Gasteiger partial charge in [-0.2, -0.15) is 5.10 Å². The summed E-state index contributed by atoms with van der Waals surface area (Å²) in [7, 11) is 0. The molecule has 1 fully saturated rings. The molecule has 0 aliphatic carbocycles. The number of aryl methyl sites for hydroxylation is 2. The zero-order valence-corrected chi connectivity index (χ0v) is 21.2. The van der Waals surface area contributed by atoms with E-state index < -0.39 is 5.91 Å². The van der Waals surface area contributed by atoms with Gasteiger partial charge in [0.15, 0.2) is 5.82 Å². The molecule has 1 aliphatic heterocycles. The van der Waals surface area contributed by atoms with Crippen molar-refractivity contribution < 1.29 is 14.1 Å². The van der Waals surface area contributed by atoms with Crippen LogP contribution in [-0.4, -0.2) is 50.6 Å². The lowest BCUT2D eigenvalue weighted by atomic mass is 10.0. The smallest absolute Gasteiger partial charge is 0.239 e. The molecule has 0 spiro atoms. The summed E-state index contributed by atoms with van der Waals surface area (Å²) in [4.78, 5) is 23.6. The van der Waals surface area contributed by atoms with Gasteiger partial charge in [-0.15, -0.1) is 0 Å². The third-order valence-electron chi connectivity index (χ3n) is 6.79. The van der Waals surface area contributed by atoms with Crippen LogP contribution in [0.3, 0.4) is 0 Å². The molecule has 2 aromatic carbocycles. The van der Waals surface area contributed by atoms with Gasteiger partial charge in [-0.1, -0.05) is 41.6 Å². The number of fused-ring (bicyclic) bond motifs is 1. The Morgan fingerprint density at radius 3 is 2.71 bits per heavy atom. The maximum Gasteiger partial charge on any atom is 0.239 e. The molecule has 2 N–H and O–H groups in total. The average Bonchev–Trinajstić information content (AvgIpc) is 3.53. The van der Waals surface area contributed by atoms with E-state index in [9.17, 15) is 4.79 Å². The first-order chi connectivity index (χ1) is 18.5. The van der Waals surface area contributed by atoms with Gasteiger partial charge in [-0.05, 0) is 37.1 Å². The number of hydrogen-bond donors (Lipinski definition) is 1. The predicted molar refractivity (Wildman–Crippen MR) is 142 cm³/mol. The SMILES string of the molecule is Cc1noc(C)c1-c1ccc2nc(-c3cnn(CC(N)=O)c3)nc(N3CCOC[C@@H]3c3ccccc3)c2c1. The van der Waals surface area contributed by atoms with Crippen LogP contribution in [0.1, 0.15) is 23.1 Å². The van der Waals surface area contributed by atoms with Crippen molar-refractivity contribution in [2.45, 2.75) is 26.4 Å². The molecule has 192 valence electrons. The minimum absolute atomic E-state index is 0.0131. The minimum Gasteiger partial charge on any atom is -0.377 e. The molecule has 1 saturated heterocycles. The van der Waals surface area contributed by atoms with Crippen molar-refractivity contribution in [2.75, 3.05) is 24.7 Å². The Hall–Kier alpha value is -4.57. The molecular weight excluding hydrogens is 482 g/mol. The molecule has 1 amide bonds. The van der Waals surface area contributed by atoms with E-state index in [2.05, 4.69) is 33.4 Å². The summed E-state index contributed by atoms with van der Waals surface area (Å²) < 4.78 is 12.8. The van der Waals surface area contributed by atoms with Crippen LogP contribution in [0.2, 0.25) is 0 Å².